The number of benzene rings is 2. The molecule has 3 heteroatoms. The molecule has 0 aromatic heterocycles. The third-order valence-corrected chi connectivity index (χ3v) is 2.48. The molecule has 0 radical (unpaired) electrons. The van der Waals surface area contributed by atoms with Gasteiger partial charge in [0.2, 0.25) is 0 Å². The first-order valence-electron chi connectivity index (χ1n) is 6.77. The molecule has 0 unspecified atom stereocenters. The Kier molecular flexibility index (Phi) is 7.69. The second-order valence-electron chi connectivity index (χ2n) is 4.41. The van der Waals surface area contributed by atoms with Crippen LogP contribution in [-0.2, 0) is 9.59 Å². The molecule has 0 fully saturated rings. The molecule has 0 bridgehead atoms. The third-order valence-electron chi connectivity index (χ3n) is 2.48. The molecular formula is C19H18O3. The first kappa shape index (κ1) is 17.1. The molecule has 0 amide bonds. The van der Waals surface area contributed by atoms with Gasteiger partial charge in [-0.15, -0.1) is 0 Å². The summed E-state index contributed by atoms with van der Waals surface area (Å²) < 4.78 is 0. The summed E-state index contributed by atoms with van der Waals surface area (Å²) in [6, 6.07) is 19.6. The van der Waals surface area contributed by atoms with E-state index in [-0.39, 0.29) is 5.78 Å². The standard InChI is InChI=1S/C17H14O.C2H4O2/c18-17(13-11-15-7-3-1-4-8-15)14-12-16-9-5-2-6-10-16;1-2(3)4/h1-14H;1H3,(H,3,4). The van der Waals surface area contributed by atoms with Gasteiger partial charge in [-0.3, -0.25) is 9.59 Å². The van der Waals surface area contributed by atoms with Crippen LogP contribution in [0.3, 0.4) is 0 Å². The van der Waals surface area contributed by atoms with Gasteiger partial charge in [-0.25, -0.2) is 0 Å². The van der Waals surface area contributed by atoms with Crippen LogP contribution in [0.5, 0.6) is 0 Å². The summed E-state index contributed by atoms with van der Waals surface area (Å²) in [6.07, 6.45) is 6.79. The Hall–Kier alpha value is -2.94. The maximum Gasteiger partial charge on any atom is 0.300 e. The zero-order chi connectivity index (χ0) is 16.2. The number of ketones is 1. The van der Waals surface area contributed by atoms with Gasteiger partial charge >= 0.3 is 0 Å². The fraction of sp³-hybridized carbons (Fsp3) is 0.0526. The van der Waals surface area contributed by atoms with E-state index in [9.17, 15) is 4.79 Å². The van der Waals surface area contributed by atoms with Crippen LogP contribution >= 0.6 is 0 Å². The van der Waals surface area contributed by atoms with Gasteiger partial charge in [-0.1, -0.05) is 72.8 Å². The van der Waals surface area contributed by atoms with Crippen LogP contribution in [0.1, 0.15) is 18.1 Å². The maximum atomic E-state index is 11.6. The van der Waals surface area contributed by atoms with Gasteiger partial charge in [-0.05, 0) is 23.3 Å². The van der Waals surface area contributed by atoms with E-state index in [0.29, 0.717) is 0 Å². The molecule has 0 spiro atoms. The highest BCUT2D eigenvalue weighted by atomic mass is 16.4. The summed E-state index contributed by atoms with van der Waals surface area (Å²) in [4.78, 5) is 20.6. The number of hydrogen-bond acceptors (Lipinski definition) is 2. The first-order chi connectivity index (χ1) is 10.6. The maximum absolute atomic E-state index is 11.6. The highest BCUT2D eigenvalue weighted by Gasteiger charge is 1.90. The monoisotopic (exact) mass is 294 g/mol. The van der Waals surface area contributed by atoms with Gasteiger partial charge in [0, 0.05) is 6.92 Å². The fourth-order valence-electron chi connectivity index (χ4n) is 1.54. The lowest BCUT2D eigenvalue weighted by atomic mass is 10.1. The van der Waals surface area contributed by atoms with E-state index < -0.39 is 5.97 Å². The first-order valence-corrected chi connectivity index (χ1v) is 6.77. The zero-order valence-electron chi connectivity index (χ0n) is 12.3. The molecule has 0 atom stereocenters. The minimum atomic E-state index is -0.833. The lowest BCUT2D eigenvalue weighted by Crippen LogP contribution is -1.84. The van der Waals surface area contributed by atoms with E-state index in [0.717, 1.165) is 18.1 Å². The van der Waals surface area contributed by atoms with Crippen molar-refractivity contribution in [1.29, 1.82) is 0 Å². The quantitative estimate of drug-likeness (QED) is 0.865. The molecule has 2 rings (SSSR count). The lowest BCUT2D eigenvalue weighted by molar-refractivity contribution is -0.134. The molecule has 0 saturated heterocycles. The van der Waals surface area contributed by atoms with Crippen molar-refractivity contribution in [1.82, 2.24) is 0 Å². The van der Waals surface area contributed by atoms with Crippen molar-refractivity contribution in [2.24, 2.45) is 0 Å². The lowest BCUT2D eigenvalue weighted by Gasteiger charge is -1.91. The largest absolute Gasteiger partial charge is 0.481 e. The predicted molar refractivity (Wildman–Crippen MR) is 89.3 cm³/mol. The van der Waals surface area contributed by atoms with Gasteiger partial charge < -0.3 is 5.11 Å². The number of rotatable bonds is 4. The molecule has 2 aromatic carbocycles. The second kappa shape index (κ2) is 9.88. The number of aliphatic carboxylic acids is 1. The SMILES string of the molecule is CC(=O)O.O=C(C=Cc1ccccc1)C=Cc1ccccc1. The molecule has 0 aliphatic carbocycles. The normalized spacial score (nSPS) is 10.2. The van der Waals surface area contributed by atoms with E-state index in [2.05, 4.69) is 0 Å². The van der Waals surface area contributed by atoms with Crippen molar-refractivity contribution in [3.63, 3.8) is 0 Å². The Bertz CT molecular complexity index is 585. The molecule has 3 nitrogen and oxygen atoms in total. The summed E-state index contributed by atoms with van der Waals surface area (Å²) in [5.74, 6) is -0.845. The molecule has 2 aromatic rings. The Labute approximate surface area is 130 Å². The van der Waals surface area contributed by atoms with Crippen molar-refractivity contribution < 1.29 is 14.7 Å². The van der Waals surface area contributed by atoms with Crippen molar-refractivity contribution in [2.45, 2.75) is 6.92 Å². The molecule has 1 N–H and O–H groups in total. The average molecular weight is 294 g/mol. The predicted octanol–water partition coefficient (Wildman–Crippen LogP) is 4.07. The van der Waals surface area contributed by atoms with E-state index in [1.807, 2.05) is 72.8 Å². The van der Waals surface area contributed by atoms with Crippen molar-refractivity contribution >= 4 is 23.9 Å². The van der Waals surface area contributed by atoms with Crippen molar-refractivity contribution in [3.05, 3.63) is 83.9 Å². The van der Waals surface area contributed by atoms with Crippen LogP contribution in [0.2, 0.25) is 0 Å². The van der Waals surface area contributed by atoms with Crippen LogP contribution in [0, 0.1) is 0 Å². The van der Waals surface area contributed by atoms with Gasteiger partial charge in [-0.2, -0.15) is 0 Å². The molecule has 0 saturated carbocycles. The highest BCUT2D eigenvalue weighted by molar-refractivity contribution is 6.04. The number of allylic oxidation sites excluding steroid dienone is 2. The Balaban J connectivity index is 0.000000541. The number of carboxylic acid groups (broad SMARTS) is 1. The number of carboxylic acids is 1. The Morgan fingerprint density at radius 2 is 1.09 bits per heavy atom. The highest BCUT2D eigenvalue weighted by Crippen LogP contribution is 2.03. The van der Waals surface area contributed by atoms with Crippen molar-refractivity contribution in [3.8, 4) is 0 Å². The Morgan fingerprint density at radius 1 is 0.773 bits per heavy atom. The van der Waals surface area contributed by atoms with Gasteiger partial charge in [0.1, 0.15) is 0 Å². The van der Waals surface area contributed by atoms with E-state index >= 15 is 0 Å². The molecule has 112 valence electrons. The molecule has 22 heavy (non-hydrogen) atoms. The summed E-state index contributed by atoms with van der Waals surface area (Å²) in [5, 5.41) is 7.42. The summed E-state index contributed by atoms with van der Waals surface area (Å²) >= 11 is 0. The van der Waals surface area contributed by atoms with Crippen LogP contribution < -0.4 is 0 Å². The van der Waals surface area contributed by atoms with Crippen LogP contribution in [0.15, 0.2) is 72.8 Å². The fourth-order valence-corrected chi connectivity index (χ4v) is 1.54. The number of hydrogen-bond donors (Lipinski definition) is 1. The number of carbonyl (C=O) groups excluding carboxylic acids is 1. The molecular weight excluding hydrogens is 276 g/mol. The Morgan fingerprint density at radius 3 is 1.41 bits per heavy atom. The van der Waals surface area contributed by atoms with Crippen molar-refractivity contribution in [2.75, 3.05) is 0 Å². The van der Waals surface area contributed by atoms with Gasteiger partial charge in [0.15, 0.2) is 5.78 Å². The van der Waals surface area contributed by atoms with Crippen LogP contribution in [0.25, 0.3) is 12.2 Å². The van der Waals surface area contributed by atoms with E-state index in [4.69, 9.17) is 9.90 Å². The van der Waals surface area contributed by atoms with E-state index in [1.165, 1.54) is 0 Å². The minimum Gasteiger partial charge on any atom is -0.481 e. The average Bonchev–Trinajstić information content (AvgIpc) is 2.52. The van der Waals surface area contributed by atoms with Gasteiger partial charge in [0.05, 0.1) is 0 Å². The minimum absolute atomic E-state index is 0.0114. The molecule has 0 aliphatic heterocycles. The van der Waals surface area contributed by atoms with E-state index in [1.54, 1.807) is 12.2 Å². The summed E-state index contributed by atoms with van der Waals surface area (Å²) in [5.41, 5.74) is 2.05. The second-order valence-corrected chi connectivity index (χ2v) is 4.41. The number of carbonyl (C=O) groups is 2. The smallest absolute Gasteiger partial charge is 0.300 e. The topological polar surface area (TPSA) is 54.4 Å². The van der Waals surface area contributed by atoms with Crippen LogP contribution in [-0.4, -0.2) is 16.9 Å². The summed E-state index contributed by atoms with van der Waals surface area (Å²) in [6.45, 7) is 1.08. The molecule has 0 aliphatic rings. The third kappa shape index (κ3) is 8.27. The van der Waals surface area contributed by atoms with Gasteiger partial charge in [0.25, 0.3) is 5.97 Å². The zero-order valence-corrected chi connectivity index (χ0v) is 12.3. The molecule has 0 heterocycles. The summed E-state index contributed by atoms with van der Waals surface area (Å²) in [7, 11) is 0. The van der Waals surface area contributed by atoms with Crippen LogP contribution in [0.4, 0.5) is 0 Å².